The first-order valence-electron chi connectivity index (χ1n) is 7.72. The molecule has 106 valence electrons. The lowest BCUT2D eigenvalue weighted by Crippen LogP contribution is -2.54. The van der Waals surface area contributed by atoms with Crippen LogP contribution >= 0.6 is 0 Å². The Hall–Kier alpha value is -0.120. The zero-order chi connectivity index (χ0) is 13.2. The van der Waals surface area contributed by atoms with Gasteiger partial charge in [-0.3, -0.25) is 9.80 Å². The van der Waals surface area contributed by atoms with Crippen molar-refractivity contribution in [2.75, 3.05) is 32.7 Å². The minimum Gasteiger partial charge on any atom is -0.311 e. The van der Waals surface area contributed by atoms with E-state index in [0.29, 0.717) is 6.04 Å². The van der Waals surface area contributed by atoms with Crippen LogP contribution in [0.3, 0.4) is 0 Å². The maximum Gasteiger partial charge on any atom is 0.0219 e. The molecule has 0 aromatic carbocycles. The predicted molar refractivity (Wildman–Crippen MR) is 78.0 cm³/mol. The lowest BCUT2D eigenvalue weighted by molar-refractivity contribution is 0.0862. The summed E-state index contributed by atoms with van der Waals surface area (Å²) in [7, 11) is 0. The second-order valence-corrected chi connectivity index (χ2v) is 7.00. The third-order valence-electron chi connectivity index (χ3n) is 4.27. The van der Waals surface area contributed by atoms with Crippen molar-refractivity contribution in [2.24, 2.45) is 0 Å². The van der Waals surface area contributed by atoms with Crippen molar-refractivity contribution >= 4 is 0 Å². The van der Waals surface area contributed by atoms with E-state index in [0.717, 1.165) is 12.6 Å². The SMILES string of the molecule is CCC(CNC(C)(C)C)N1CCN(C2CC2)CC1. The molecule has 3 heteroatoms. The van der Waals surface area contributed by atoms with Crippen LogP contribution in [0, 0.1) is 0 Å². The molecule has 1 atom stereocenters. The van der Waals surface area contributed by atoms with E-state index in [1.807, 2.05) is 0 Å². The van der Waals surface area contributed by atoms with E-state index in [4.69, 9.17) is 0 Å². The average molecular weight is 253 g/mol. The summed E-state index contributed by atoms with van der Waals surface area (Å²) in [6.07, 6.45) is 4.15. The fourth-order valence-electron chi connectivity index (χ4n) is 2.86. The van der Waals surface area contributed by atoms with Gasteiger partial charge in [0.05, 0.1) is 0 Å². The van der Waals surface area contributed by atoms with Crippen LogP contribution in [0.4, 0.5) is 0 Å². The monoisotopic (exact) mass is 253 g/mol. The van der Waals surface area contributed by atoms with Crippen LogP contribution in [0.25, 0.3) is 0 Å². The van der Waals surface area contributed by atoms with Crippen molar-refractivity contribution in [3.63, 3.8) is 0 Å². The maximum absolute atomic E-state index is 3.66. The van der Waals surface area contributed by atoms with Crippen LogP contribution < -0.4 is 5.32 Å². The second-order valence-electron chi connectivity index (χ2n) is 7.00. The summed E-state index contributed by atoms with van der Waals surface area (Å²) in [6, 6.07) is 1.66. The third-order valence-corrected chi connectivity index (χ3v) is 4.27. The van der Waals surface area contributed by atoms with E-state index >= 15 is 0 Å². The Balaban J connectivity index is 1.74. The molecule has 0 amide bonds. The molecule has 0 spiro atoms. The number of hydrogen-bond donors (Lipinski definition) is 1. The molecule has 1 aliphatic carbocycles. The van der Waals surface area contributed by atoms with E-state index in [2.05, 4.69) is 42.8 Å². The number of nitrogens with one attached hydrogen (secondary N) is 1. The topological polar surface area (TPSA) is 18.5 Å². The minimum absolute atomic E-state index is 0.239. The van der Waals surface area contributed by atoms with Gasteiger partial charge in [-0.05, 0) is 40.0 Å². The molecule has 0 aromatic heterocycles. The van der Waals surface area contributed by atoms with Crippen LogP contribution in [0.1, 0.15) is 47.0 Å². The lowest BCUT2D eigenvalue weighted by Gasteiger charge is -2.40. The van der Waals surface area contributed by atoms with E-state index in [1.54, 1.807) is 0 Å². The summed E-state index contributed by atoms with van der Waals surface area (Å²) in [5, 5.41) is 3.66. The fourth-order valence-corrected chi connectivity index (χ4v) is 2.86. The van der Waals surface area contributed by atoms with E-state index in [9.17, 15) is 0 Å². The summed E-state index contributed by atoms with van der Waals surface area (Å²) >= 11 is 0. The van der Waals surface area contributed by atoms with Gasteiger partial charge in [-0.1, -0.05) is 6.92 Å². The van der Waals surface area contributed by atoms with Crippen LogP contribution in [0.15, 0.2) is 0 Å². The first-order chi connectivity index (χ1) is 8.49. The molecular formula is C15H31N3. The average Bonchev–Trinajstić information content (AvgIpc) is 3.13. The van der Waals surface area contributed by atoms with Crippen LogP contribution in [0.5, 0.6) is 0 Å². The number of piperazine rings is 1. The zero-order valence-electron chi connectivity index (χ0n) is 12.7. The van der Waals surface area contributed by atoms with E-state index in [1.165, 1.54) is 45.4 Å². The Morgan fingerprint density at radius 3 is 2.17 bits per heavy atom. The predicted octanol–water partition coefficient (Wildman–Crippen LogP) is 1.93. The Kier molecular flexibility index (Phi) is 4.68. The van der Waals surface area contributed by atoms with Crippen molar-refractivity contribution in [3.05, 3.63) is 0 Å². The molecule has 0 aromatic rings. The molecule has 3 nitrogen and oxygen atoms in total. The normalized spacial score (nSPS) is 25.3. The maximum atomic E-state index is 3.66. The summed E-state index contributed by atoms with van der Waals surface area (Å²) in [5.74, 6) is 0. The highest BCUT2D eigenvalue weighted by molar-refractivity contribution is 4.89. The molecule has 1 heterocycles. The van der Waals surface area contributed by atoms with Gasteiger partial charge in [-0.2, -0.15) is 0 Å². The summed E-state index contributed by atoms with van der Waals surface area (Å²) in [6.45, 7) is 15.3. The fraction of sp³-hybridized carbons (Fsp3) is 1.00. The largest absolute Gasteiger partial charge is 0.311 e. The van der Waals surface area contributed by atoms with Crippen molar-refractivity contribution in [1.82, 2.24) is 15.1 Å². The smallest absolute Gasteiger partial charge is 0.0219 e. The zero-order valence-corrected chi connectivity index (χ0v) is 12.7. The van der Waals surface area contributed by atoms with Gasteiger partial charge in [-0.25, -0.2) is 0 Å². The highest BCUT2D eigenvalue weighted by Crippen LogP contribution is 2.27. The van der Waals surface area contributed by atoms with Crippen LogP contribution in [0.2, 0.25) is 0 Å². The second kappa shape index (κ2) is 5.89. The summed E-state index contributed by atoms with van der Waals surface area (Å²) < 4.78 is 0. The van der Waals surface area contributed by atoms with Gasteiger partial charge in [0.15, 0.2) is 0 Å². The van der Waals surface area contributed by atoms with Crippen LogP contribution in [-0.4, -0.2) is 60.1 Å². The van der Waals surface area contributed by atoms with Crippen LogP contribution in [-0.2, 0) is 0 Å². The number of nitrogens with zero attached hydrogens (tertiary/aromatic N) is 2. The third kappa shape index (κ3) is 4.22. The molecule has 1 saturated heterocycles. The van der Waals surface area contributed by atoms with E-state index < -0.39 is 0 Å². The van der Waals surface area contributed by atoms with Gasteiger partial charge in [0.2, 0.25) is 0 Å². The highest BCUT2D eigenvalue weighted by Gasteiger charge is 2.32. The summed E-state index contributed by atoms with van der Waals surface area (Å²) in [5.41, 5.74) is 0.239. The van der Waals surface area contributed by atoms with Gasteiger partial charge in [0.25, 0.3) is 0 Å². The number of hydrogen-bond acceptors (Lipinski definition) is 3. The Morgan fingerprint density at radius 1 is 1.11 bits per heavy atom. The molecule has 0 radical (unpaired) electrons. The molecule has 1 aliphatic heterocycles. The molecule has 1 N–H and O–H groups in total. The minimum atomic E-state index is 0.239. The Bertz CT molecular complexity index is 247. The van der Waals surface area contributed by atoms with E-state index in [-0.39, 0.29) is 5.54 Å². The molecular weight excluding hydrogens is 222 g/mol. The molecule has 0 bridgehead atoms. The first kappa shape index (κ1) is 14.3. The van der Waals surface area contributed by atoms with Crippen molar-refractivity contribution in [1.29, 1.82) is 0 Å². The molecule has 1 unspecified atom stereocenters. The highest BCUT2D eigenvalue weighted by atomic mass is 15.3. The van der Waals surface area contributed by atoms with Gasteiger partial charge in [0.1, 0.15) is 0 Å². The van der Waals surface area contributed by atoms with Gasteiger partial charge in [-0.15, -0.1) is 0 Å². The van der Waals surface area contributed by atoms with Crippen molar-refractivity contribution in [2.45, 2.75) is 64.6 Å². The lowest BCUT2D eigenvalue weighted by atomic mass is 10.1. The van der Waals surface area contributed by atoms with Gasteiger partial charge >= 0.3 is 0 Å². The Labute approximate surface area is 113 Å². The standard InChI is InChI=1S/C15H31N3/c1-5-13(12-16-15(2,3)4)17-8-10-18(11-9-17)14-6-7-14/h13-14,16H,5-12H2,1-4H3. The quantitative estimate of drug-likeness (QED) is 0.808. The molecule has 2 fully saturated rings. The van der Waals surface area contributed by atoms with Crippen molar-refractivity contribution in [3.8, 4) is 0 Å². The molecule has 2 rings (SSSR count). The molecule has 18 heavy (non-hydrogen) atoms. The Morgan fingerprint density at radius 2 is 1.72 bits per heavy atom. The van der Waals surface area contributed by atoms with Gasteiger partial charge < -0.3 is 5.32 Å². The number of rotatable bonds is 5. The van der Waals surface area contributed by atoms with Gasteiger partial charge in [0, 0.05) is 50.3 Å². The molecule has 1 saturated carbocycles. The first-order valence-corrected chi connectivity index (χ1v) is 7.72. The summed E-state index contributed by atoms with van der Waals surface area (Å²) in [4.78, 5) is 5.39. The molecule has 2 aliphatic rings. The van der Waals surface area contributed by atoms with Crippen molar-refractivity contribution < 1.29 is 0 Å².